The summed E-state index contributed by atoms with van der Waals surface area (Å²) in [6.07, 6.45) is 2.29. The van der Waals surface area contributed by atoms with Crippen molar-refractivity contribution in [3.05, 3.63) is 30.1 Å². The van der Waals surface area contributed by atoms with Gasteiger partial charge in [-0.2, -0.15) is 0 Å². The first-order valence-corrected chi connectivity index (χ1v) is 6.12. The van der Waals surface area contributed by atoms with Crippen LogP contribution in [-0.4, -0.2) is 46.6 Å². The Bertz CT molecular complexity index is 422. The van der Waals surface area contributed by atoms with Crippen LogP contribution in [0.1, 0.15) is 19.0 Å². The van der Waals surface area contributed by atoms with Gasteiger partial charge in [-0.05, 0) is 19.1 Å². The van der Waals surface area contributed by atoms with Crippen LogP contribution in [0.3, 0.4) is 0 Å². The molecule has 1 heterocycles. The van der Waals surface area contributed by atoms with Crippen molar-refractivity contribution >= 4 is 12.0 Å². The van der Waals surface area contributed by atoms with E-state index < -0.39 is 5.97 Å². The summed E-state index contributed by atoms with van der Waals surface area (Å²) in [5.41, 5.74) is 0.917. The molecule has 0 saturated heterocycles. The van der Waals surface area contributed by atoms with Crippen LogP contribution in [0.5, 0.6) is 0 Å². The first-order valence-electron chi connectivity index (χ1n) is 6.12. The average Bonchev–Trinajstić information content (AvgIpc) is 2.36. The summed E-state index contributed by atoms with van der Waals surface area (Å²) < 4.78 is 0. The number of carboxylic acids is 1. The summed E-state index contributed by atoms with van der Waals surface area (Å²) in [4.78, 5) is 28.0. The number of rotatable bonds is 6. The van der Waals surface area contributed by atoms with E-state index in [0.717, 1.165) is 5.69 Å². The zero-order valence-electron chi connectivity index (χ0n) is 11.2. The van der Waals surface area contributed by atoms with Gasteiger partial charge in [0.25, 0.3) is 0 Å². The van der Waals surface area contributed by atoms with Crippen LogP contribution in [0.15, 0.2) is 24.4 Å². The highest BCUT2D eigenvalue weighted by atomic mass is 16.4. The van der Waals surface area contributed by atoms with Crippen LogP contribution in [0.25, 0.3) is 0 Å². The highest BCUT2D eigenvalue weighted by molar-refractivity contribution is 5.75. The quantitative estimate of drug-likeness (QED) is 0.807. The number of hydrogen-bond acceptors (Lipinski definition) is 3. The van der Waals surface area contributed by atoms with Gasteiger partial charge in [-0.3, -0.25) is 9.78 Å². The molecule has 0 fully saturated rings. The summed E-state index contributed by atoms with van der Waals surface area (Å²) in [6, 6.07) is 4.98. The molecule has 1 rings (SSSR count). The minimum atomic E-state index is -0.927. The lowest BCUT2D eigenvalue weighted by Gasteiger charge is -2.20. The Hall–Kier alpha value is -2.11. The minimum Gasteiger partial charge on any atom is -0.481 e. The van der Waals surface area contributed by atoms with Gasteiger partial charge in [0, 0.05) is 37.9 Å². The fourth-order valence-corrected chi connectivity index (χ4v) is 1.56. The van der Waals surface area contributed by atoms with Gasteiger partial charge in [-0.1, -0.05) is 6.07 Å². The van der Waals surface area contributed by atoms with Gasteiger partial charge in [0.05, 0.1) is 6.42 Å². The van der Waals surface area contributed by atoms with Gasteiger partial charge in [-0.25, -0.2) is 4.79 Å². The Kier molecular flexibility index (Phi) is 5.78. The fraction of sp³-hybridized carbons (Fsp3) is 0.462. The molecule has 2 N–H and O–H groups in total. The number of hydrogen-bond donors (Lipinski definition) is 2. The molecule has 1 aromatic heterocycles. The normalized spacial score (nSPS) is 11.7. The second kappa shape index (κ2) is 7.35. The average molecular weight is 265 g/mol. The summed E-state index contributed by atoms with van der Waals surface area (Å²) in [7, 11) is 1.67. The third-order valence-corrected chi connectivity index (χ3v) is 2.63. The standard InChI is InChI=1S/C13H19N3O3/c1-10(9-12(17)18)15-13(19)16(2)8-6-11-5-3-4-7-14-11/h3-5,7,10H,6,8-9H2,1-2H3,(H,15,19)(H,17,18). The first kappa shape index (κ1) is 14.9. The number of nitrogens with zero attached hydrogens (tertiary/aromatic N) is 2. The molecule has 0 aliphatic carbocycles. The number of carbonyl (C=O) groups is 2. The third-order valence-electron chi connectivity index (χ3n) is 2.63. The highest BCUT2D eigenvalue weighted by Gasteiger charge is 2.14. The van der Waals surface area contributed by atoms with Gasteiger partial charge in [-0.15, -0.1) is 0 Å². The van der Waals surface area contributed by atoms with Gasteiger partial charge in [0.1, 0.15) is 0 Å². The Morgan fingerprint density at radius 2 is 2.21 bits per heavy atom. The Morgan fingerprint density at radius 3 is 2.79 bits per heavy atom. The van der Waals surface area contributed by atoms with Crippen molar-refractivity contribution in [2.75, 3.05) is 13.6 Å². The van der Waals surface area contributed by atoms with Crippen molar-refractivity contribution in [2.24, 2.45) is 0 Å². The number of amides is 2. The molecule has 0 aliphatic rings. The van der Waals surface area contributed by atoms with Crippen LogP contribution in [0, 0.1) is 0 Å². The van der Waals surface area contributed by atoms with Crippen molar-refractivity contribution in [2.45, 2.75) is 25.8 Å². The van der Waals surface area contributed by atoms with Gasteiger partial charge in [0.2, 0.25) is 0 Å². The van der Waals surface area contributed by atoms with Crippen molar-refractivity contribution in [3.63, 3.8) is 0 Å². The molecular weight excluding hydrogens is 246 g/mol. The predicted molar refractivity (Wildman–Crippen MR) is 70.8 cm³/mol. The lowest BCUT2D eigenvalue weighted by atomic mass is 10.2. The van der Waals surface area contributed by atoms with E-state index in [1.165, 1.54) is 4.90 Å². The van der Waals surface area contributed by atoms with E-state index in [0.29, 0.717) is 13.0 Å². The van der Waals surface area contributed by atoms with E-state index in [1.54, 1.807) is 20.2 Å². The molecule has 0 radical (unpaired) electrons. The number of carboxylic acid groups (broad SMARTS) is 1. The van der Waals surface area contributed by atoms with Crippen molar-refractivity contribution in [1.29, 1.82) is 0 Å². The molecule has 1 aromatic rings. The zero-order chi connectivity index (χ0) is 14.3. The number of pyridine rings is 1. The molecular formula is C13H19N3O3. The van der Waals surface area contributed by atoms with Gasteiger partial charge >= 0.3 is 12.0 Å². The number of urea groups is 1. The second-order valence-corrected chi connectivity index (χ2v) is 4.44. The van der Waals surface area contributed by atoms with E-state index in [2.05, 4.69) is 10.3 Å². The number of aromatic nitrogens is 1. The molecule has 6 nitrogen and oxygen atoms in total. The predicted octanol–water partition coefficient (Wildman–Crippen LogP) is 1.13. The summed E-state index contributed by atoms with van der Waals surface area (Å²) in [5, 5.41) is 11.2. The molecule has 19 heavy (non-hydrogen) atoms. The summed E-state index contributed by atoms with van der Waals surface area (Å²) >= 11 is 0. The van der Waals surface area contributed by atoms with Crippen LogP contribution in [0.2, 0.25) is 0 Å². The van der Waals surface area contributed by atoms with Crippen molar-refractivity contribution < 1.29 is 14.7 Å². The number of carbonyl (C=O) groups excluding carboxylic acids is 1. The Labute approximate surface area is 112 Å². The molecule has 104 valence electrons. The van der Waals surface area contributed by atoms with E-state index in [9.17, 15) is 9.59 Å². The molecule has 2 amide bonds. The molecule has 0 spiro atoms. The molecule has 0 aliphatic heterocycles. The molecule has 6 heteroatoms. The lowest BCUT2D eigenvalue weighted by molar-refractivity contribution is -0.137. The van der Waals surface area contributed by atoms with Crippen molar-refractivity contribution in [3.8, 4) is 0 Å². The Morgan fingerprint density at radius 1 is 1.47 bits per heavy atom. The SMILES string of the molecule is CC(CC(=O)O)NC(=O)N(C)CCc1ccccn1. The van der Waals surface area contributed by atoms with E-state index in [-0.39, 0.29) is 18.5 Å². The van der Waals surface area contributed by atoms with Crippen LogP contribution < -0.4 is 5.32 Å². The molecule has 0 saturated carbocycles. The maximum absolute atomic E-state index is 11.8. The summed E-state index contributed by atoms with van der Waals surface area (Å²) in [5.74, 6) is -0.927. The minimum absolute atomic E-state index is 0.0835. The maximum atomic E-state index is 11.8. The van der Waals surface area contributed by atoms with E-state index in [4.69, 9.17) is 5.11 Å². The number of nitrogens with one attached hydrogen (secondary N) is 1. The molecule has 1 atom stereocenters. The topological polar surface area (TPSA) is 82.5 Å². The van der Waals surface area contributed by atoms with Gasteiger partial charge < -0.3 is 15.3 Å². The van der Waals surface area contributed by atoms with Crippen molar-refractivity contribution in [1.82, 2.24) is 15.2 Å². The van der Waals surface area contributed by atoms with Crippen LogP contribution in [0.4, 0.5) is 4.79 Å². The van der Waals surface area contributed by atoms with Crippen LogP contribution >= 0.6 is 0 Å². The largest absolute Gasteiger partial charge is 0.481 e. The third kappa shape index (κ3) is 5.85. The number of likely N-dealkylation sites (N-methyl/N-ethyl adjacent to an activating group) is 1. The lowest BCUT2D eigenvalue weighted by Crippen LogP contribution is -2.43. The second-order valence-electron chi connectivity index (χ2n) is 4.44. The fourth-order valence-electron chi connectivity index (χ4n) is 1.56. The van der Waals surface area contributed by atoms with Crippen LogP contribution in [-0.2, 0) is 11.2 Å². The van der Waals surface area contributed by atoms with Gasteiger partial charge in [0.15, 0.2) is 0 Å². The molecule has 0 aromatic carbocycles. The highest BCUT2D eigenvalue weighted by Crippen LogP contribution is 1.98. The maximum Gasteiger partial charge on any atom is 0.317 e. The number of aliphatic carboxylic acids is 1. The smallest absolute Gasteiger partial charge is 0.317 e. The van der Waals surface area contributed by atoms with E-state index in [1.807, 2.05) is 18.2 Å². The molecule has 0 bridgehead atoms. The molecule has 1 unspecified atom stereocenters. The van der Waals surface area contributed by atoms with E-state index >= 15 is 0 Å². The zero-order valence-corrected chi connectivity index (χ0v) is 11.2. The monoisotopic (exact) mass is 265 g/mol. The summed E-state index contributed by atoms with van der Waals surface area (Å²) in [6.45, 7) is 2.20. The Balaban J connectivity index is 2.34. The first-order chi connectivity index (χ1) is 8.99.